The zero-order valence-electron chi connectivity index (χ0n) is 18.6. The lowest BCUT2D eigenvalue weighted by Crippen LogP contribution is -2.48. The monoisotopic (exact) mass is 426 g/mol. The minimum atomic E-state index is -0.506. The van der Waals surface area contributed by atoms with Crippen LogP contribution in [-0.2, 0) is 21.9 Å². The Labute approximate surface area is 185 Å². The van der Waals surface area contributed by atoms with Crippen LogP contribution in [0.1, 0.15) is 48.9 Å². The Bertz CT molecular complexity index is 820. The van der Waals surface area contributed by atoms with E-state index in [4.69, 9.17) is 0 Å². The van der Waals surface area contributed by atoms with Crippen LogP contribution in [0, 0.1) is 13.8 Å². The van der Waals surface area contributed by atoms with Gasteiger partial charge in [0.25, 0.3) is 0 Å². The molecule has 1 atom stereocenters. The van der Waals surface area contributed by atoms with Gasteiger partial charge in [0.15, 0.2) is 0 Å². The van der Waals surface area contributed by atoms with Gasteiger partial charge in [-0.15, -0.1) is 11.8 Å². The summed E-state index contributed by atoms with van der Waals surface area (Å²) in [4.78, 5) is 27.5. The average molecular weight is 427 g/mol. The first-order chi connectivity index (χ1) is 14.4. The Morgan fingerprint density at radius 1 is 1.07 bits per heavy atom. The molecule has 2 amide bonds. The molecule has 0 aliphatic heterocycles. The molecular weight excluding hydrogens is 392 g/mol. The van der Waals surface area contributed by atoms with E-state index in [1.807, 2.05) is 38.1 Å². The Morgan fingerprint density at radius 2 is 1.77 bits per heavy atom. The summed E-state index contributed by atoms with van der Waals surface area (Å²) in [5, 5.41) is 2.97. The molecule has 0 heterocycles. The van der Waals surface area contributed by atoms with Gasteiger partial charge in [-0.3, -0.25) is 9.59 Å². The molecule has 4 nitrogen and oxygen atoms in total. The minimum Gasteiger partial charge on any atom is -0.354 e. The molecule has 5 heteroatoms. The van der Waals surface area contributed by atoms with Crippen molar-refractivity contribution in [2.45, 2.75) is 58.9 Å². The standard InChI is InChI=1S/C25H34N2O2S/c1-5-6-15-26-25(29)21(4)27(16-23-10-8-7-9-20(23)3)24(28)18-30-17-22-13-11-19(2)12-14-22/h7-14,21H,5-6,15-18H2,1-4H3,(H,26,29). The first kappa shape index (κ1) is 24.0. The number of hydrogen-bond acceptors (Lipinski definition) is 3. The molecule has 2 rings (SSSR count). The minimum absolute atomic E-state index is 0.00601. The Hall–Kier alpha value is -2.27. The zero-order valence-corrected chi connectivity index (χ0v) is 19.4. The SMILES string of the molecule is CCCCNC(=O)C(C)N(Cc1ccccc1C)C(=O)CSCc1ccc(C)cc1. The van der Waals surface area contributed by atoms with Crippen molar-refractivity contribution < 1.29 is 9.59 Å². The van der Waals surface area contributed by atoms with Crippen LogP contribution in [-0.4, -0.2) is 35.1 Å². The summed E-state index contributed by atoms with van der Waals surface area (Å²) in [5.74, 6) is 1.04. The number of thioether (sulfide) groups is 1. The Kier molecular flexibility index (Phi) is 9.95. The third-order valence-electron chi connectivity index (χ3n) is 5.21. The van der Waals surface area contributed by atoms with Crippen LogP contribution in [0.25, 0.3) is 0 Å². The number of amides is 2. The van der Waals surface area contributed by atoms with E-state index in [1.54, 1.807) is 16.7 Å². The molecule has 2 aromatic carbocycles. The first-order valence-corrected chi connectivity index (χ1v) is 11.8. The lowest BCUT2D eigenvalue weighted by molar-refractivity contribution is -0.138. The van der Waals surface area contributed by atoms with Gasteiger partial charge in [0.2, 0.25) is 11.8 Å². The van der Waals surface area contributed by atoms with Gasteiger partial charge in [-0.2, -0.15) is 0 Å². The van der Waals surface area contributed by atoms with E-state index >= 15 is 0 Å². The smallest absolute Gasteiger partial charge is 0.242 e. The highest BCUT2D eigenvalue weighted by Crippen LogP contribution is 2.18. The number of unbranched alkanes of at least 4 members (excludes halogenated alkanes) is 1. The molecule has 30 heavy (non-hydrogen) atoms. The van der Waals surface area contributed by atoms with Gasteiger partial charge in [0, 0.05) is 18.8 Å². The van der Waals surface area contributed by atoms with Crippen LogP contribution in [0.15, 0.2) is 48.5 Å². The van der Waals surface area contributed by atoms with Gasteiger partial charge in [0.1, 0.15) is 6.04 Å². The van der Waals surface area contributed by atoms with E-state index in [1.165, 1.54) is 11.1 Å². The summed E-state index contributed by atoms with van der Waals surface area (Å²) in [6.07, 6.45) is 1.97. The van der Waals surface area contributed by atoms with Crippen LogP contribution < -0.4 is 5.32 Å². The summed E-state index contributed by atoms with van der Waals surface area (Å²) >= 11 is 1.59. The molecule has 0 saturated carbocycles. The number of nitrogens with zero attached hydrogens (tertiary/aromatic N) is 1. The van der Waals surface area contributed by atoms with E-state index in [9.17, 15) is 9.59 Å². The summed E-state index contributed by atoms with van der Waals surface area (Å²) in [7, 11) is 0. The maximum Gasteiger partial charge on any atom is 0.242 e. The van der Waals surface area contributed by atoms with E-state index in [0.29, 0.717) is 18.8 Å². The molecule has 0 bridgehead atoms. The fraction of sp³-hybridized carbons (Fsp3) is 0.440. The largest absolute Gasteiger partial charge is 0.354 e. The molecule has 0 saturated heterocycles. The van der Waals surface area contributed by atoms with Crippen molar-refractivity contribution in [3.05, 3.63) is 70.8 Å². The lowest BCUT2D eigenvalue weighted by atomic mass is 10.1. The third kappa shape index (κ3) is 7.52. The second kappa shape index (κ2) is 12.4. The van der Waals surface area contributed by atoms with E-state index in [-0.39, 0.29) is 11.8 Å². The molecule has 0 aliphatic carbocycles. The Morgan fingerprint density at radius 3 is 2.43 bits per heavy atom. The summed E-state index contributed by atoms with van der Waals surface area (Å²) in [6, 6.07) is 15.9. The second-order valence-electron chi connectivity index (χ2n) is 7.75. The van der Waals surface area contributed by atoms with Crippen LogP contribution >= 0.6 is 11.8 Å². The first-order valence-electron chi connectivity index (χ1n) is 10.7. The predicted octanol–water partition coefficient (Wildman–Crippen LogP) is 4.87. The van der Waals surface area contributed by atoms with Gasteiger partial charge in [-0.25, -0.2) is 0 Å². The number of benzene rings is 2. The highest BCUT2D eigenvalue weighted by Gasteiger charge is 2.26. The molecule has 1 N–H and O–H groups in total. The number of carbonyl (C=O) groups is 2. The molecule has 1 unspecified atom stereocenters. The average Bonchev–Trinajstić information content (AvgIpc) is 2.74. The second-order valence-corrected chi connectivity index (χ2v) is 8.73. The number of rotatable bonds is 11. The topological polar surface area (TPSA) is 49.4 Å². The Balaban J connectivity index is 2.04. The van der Waals surface area contributed by atoms with Crippen LogP contribution in [0.4, 0.5) is 0 Å². The fourth-order valence-electron chi connectivity index (χ4n) is 3.11. The van der Waals surface area contributed by atoms with Crippen molar-refractivity contribution in [3.63, 3.8) is 0 Å². The van der Waals surface area contributed by atoms with Gasteiger partial charge in [0.05, 0.1) is 5.75 Å². The van der Waals surface area contributed by atoms with Crippen LogP contribution in [0.5, 0.6) is 0 Å². The zero-order chi connectivity index (χ0) is 21.9. The van der Waals surface area contributed by atoms with E-state index in [2.05, 4.69) is 43.4 Å². The molecule has 0 spiro atoms. The van der Waals surface area contributed by atoms with Gasteiger partial charge < -0.3 is 10.2 Å². The van der Waals surface area contributed by atoms with E-state index < -0.39 is 6.04 Å². The molecule has 0 fully saturated rings. The normalized spacial score (nSPS) is 11.7. The van der Waals surface area contributed by atoms with Crippen molar-refractivity contribution in [2.75, 3.05) is 12.3 Å². The molecule has 0 aromatic heterocycles. The summed E-state index contributed by atoms with van der Waals surface area (Å²) in [5.41, 5.74) is 4.63. The number of hydrogen-bond donors (Lipinski definition) is 1. The van der Waals surface area contributed by atoms with Gasteiger partial charge in [-0.05, 0) is 43.9 Å². The molecule has 162 valence electrons. The fourth-order valence-corrected chi connectivity index (χ4v) is 3.98. The lowest BCUT2D eigenvalue weighted by Gasteiger charge is -2.29. The summed E-state index contributed by atoms with van der Waals surface area (Å²) in [6.45, 7) is 9.11. The maximum absolute atomic E-state index is 13.1. The third-order valence-corrected chi connectivity index (χ3v) is 6.20. The summed E-state index contributed by atoms with van der Waals surface area (Å²) < 4.78 is 0. The number of carbonyl (C=O) groups excluding carboxylic acids is 2. The molecule has 2 aromatic rings. The number of aryl methyl sites for hydroxylation is 2. The molecule has 0 radical (unpaired) electrons. The number of nitrogens with one attached hydrogen (secondary N) is 1. The maximum atomic E-state index is 13.1. The highest BCUT2D eigenvalue weighted by molar-refractivity contribution is 7.99. The van der Waals surface area contributed by atoms with Gasteiger partial charge >= 0.3 is 0 Å². The molecule has 0 aliphatic rings. The van der Waals surface area contributed by atoms with Crippen molar-refractivity contribution in [1.82, 2.24) is 10.2 Å². The van der Waals surface area contributed by atoms with Crippen molar-refractivity contribution in [1.29, 1.82) is 0 Å². The van der Waals surface area contributed by atoms with Gasteiger partial charge in [-0.1, -0.05) is 67.4 Å². The highest BCUT2D eigenvalue weighted by atomic mass is 32.2. The quantitative estimate of drug-likeness (QED) is 0.522. The van der Waals surface area contributed by atoms with Crippen LogP contribution in [0.2, 0.25) is 0 Å². The van der Waals surface area contributed by atoms with E-state index in [0.717, 1.165) is 29.7 Å². The predicted molar refractivity (Wildman–Crippen MR) is 126 cm³/mol. The van der Waals surface area contributed by atoms with Crippen LogP contribution in [0.3, 0.4) is 0 Å². The molecular formula is C25H34N2O2S. The van der Waals surface area contributed by atoms with Crippen molar-refractivity contribution in [2.24, 2.45) is 0 Å². The van der Waals surface area contributed by atoms with Crippen molar-refractivity contribution >= 4 is 23.6 Å². The van der Waals surface area contributed by atoms with Crippen molar-refractivity contribution in [3.8, 4) is 0 Å².